The smallest absolute Gasteiger partial charge is 0.230 e. The summed E-state index contributed by atoms with van der Waals surface area (Å²) in [7, 11) is 0. The first-order valence-electron chi connectivity index (χ1n) is 7.84. The predicted octanol–water partition coefficient (Wildman–Crippen LogP) is 3.15. The molecule has 0 radical (unpaired) electrons. The third-order valence-electron chi connectivity index (χ3n) is 3.20. The van der Waals surface area contributed by atoms with E-state index in [-0.39, 0.29) is 5.91 Å². The average molecular weight is 369 g/mol. The molecular formula is C16H21ClN4O2S. The third kappa shape index (κ3) is 5.42. The highest BCUT2D eigenvalue weighted by atomic mass is 35.5. The van der Waals surface area contributed by atoms with Crippen LogP contribution < -0.4 is 10.1 Å². The topological polar surface area (TPSA) is 69.0 Å². The maximum Gasteiger partial charge on any atom is 0.230 e. The van der Waals surface area contributed by atoms with Gasteiger partial charge in [0.05, 0.1) is 5.75 Å². The van der Waals surface area contributed by atoms with E-state index in [2.05, 4.69) is 15.5 Å². The lowest BCUT2D eigenvalue weighted by atomic mass is 10.3. The standard InChI is InChI=1S/C16H21ClN4O2S/c1-3-9-18-15(22)11-24-16-20-19-14(21(16)4-2)10-23-13-7-5-12(17)6-8-13/h5-8H,3-4,9-11H2,1-2H3,(H,18,22). The number of halogens is 1. The molecule has 0 aliphatic heterocycles. The van der Waals surface area contributed by atoms with Crippen LogP contribution in [-0.2, 0) is 17.9 Å². The number of ether oxygens (including phenoxy) is 1. The van der Waals surface area contributed by atoms with E-state index in [0.29, 0.717) is 30.5 Å². The molecule has 0 saturated carbocycles. The van der Waals surface area contributed by atoms with Gasteiger partial charge in [-0.3, -0.25) is 4.79 Å². The van der Waals surface area contributed by atoms with Gasteiger partial charge in [-0.2, -0.15) is 0 Å². The van der Waals surface area contributed by atoms with Gasteiger partial charge >= 0.3 is 0 Å². The van der Waals surface area contributed by atoms with E-state index < -0.39 is 0 Å². The van der Waals surface area contributed by atoms with Crippen LogP contribution >= 0.6 is 23.4 Å². The molecule has 6 nitrogen and oxygen atoms in total. The second-order valence-electron chi connectivity index (χ2n) is 5.02. The molecule has 8 heteroatoms. The summed E-state index contributed by atoms with van der Waals surface area (Å²) >= 11 is 7.23. The predicted molar refractivity (Wildman–Crippen MR) is 95.5 cm³/mol. The summed E-state index contributed by atoms with van der Waals surface area (Å²) in [6, 6.07) is 7.17. The van der Waals surface area contributed by atoms with E-state index in [1.807, 2.05) is 30.5 Å². The number of rotatable bonds is 9. The van der Waals surface area contributed by atoms with Crippen molar-refractivity contribution >= 4 is 29.3 Å². The molecule has 24 heavy (non-hydrogen) atoms. The number of amides is 1. The molecule has 0 atom stereocenters. The van der Waals surface area contributed by atoms with Crippen molar-refractivity contribution < 1.29 is 9.53 Å². The molecule has 0 aliphatic carbocycles. The molecule has 0 fully saturated rings. The summed E-state index contributed by atoms with van der Waals surface area (Å²) < 4.78 is 7.66. The van der Waals surface area contributed by atoms with Gasteiger partial charge in [0.15, 0.2) is 11.0 Å². The Bertz CT molecular complexity index is 661. The summed E-state index contributed by atoms with van der Waals surface area (Å²) in [5.41, 5.74) is 0. The number of carbonyl (C=O) groups is 1. The van der Waals surface area contributed by atoms with E-state index in [9.17, 15) is 4.79 Å². The fourth-order valence-corrected chi connectivity index (χ4v) is 2.95. The lowest BCUT2D eigenvalue weighted by Crippen LogP contribution is -2.25. The van der Waals surface area contributed by atoms with Gasteiger partial charge in [-0.1, -0.05) is 30.3 Å². The van der Waals surface area contributed by atoms with Crippen LogP contribution in [0, 0.1) is 0 Å². The first-order valence-corrected chi connectivity index (χ1v) is 9.20. The Kier molecular flexibility index (Phi) is 7.39. The van der Waals surface area contributed by atoms with Gasteiger partial charge in [0, 0.05) is 18.1 Å². The van der Waals surface area contributed by atoms with Gasteiger partial charge < -0.3 is 14.6 Å². The van der Waals surface area contributed by atoms with Crippen molar-refractivity contribution in [2.45, 2.75) is 38.6 Å². The fraction of sp³-hybridized carbons (Fsp3) is 0.438. The van der Waals surface area contributed by atoms with Crippen molar-refractivity contribution in [3.05, 3.63) is 35.1 Å². The first-order chi connectivity index (χ1) is 11.6. The van der Waals surface area contributed by atoms with Gasteiger partial charge in [-0.15, -0.1) is 10.2 Å². The highest BCUT2D eigenvalue weighted by Gasteiger charge is 2.13. The first kappa shape index (κ1) is 18.6. The van der Waals surface area contributed by atoms with Crippen LogP contribution in [0.25, 0.3) is 0 Å². The van der Waals surface area contributed by atoms with E-state index in [1.165, 1.54) is 11.8 Å². The number of aromatic nitrogens is 3. The van der Waals surface area contributed by atoms with Crippen molar-refractivity contribution in [2.24, 2.45) is 0 Å². The summed E-state index contributed by atoms with van der Waals surface area (Å²) in [5.74, 6) is 1.78. The molecule has 1 aromatic carbocycles. The Morgan fingerprint density at radius 1 is 1.29 bits per heavy atom. The lowest BCUT2D eigenvalue weighted by Gasteiger charge is -2.09. The lowest BCUT2D eigenvalue weighted by molar-refractivity contribution is -0.118. The minimum Gasteiger partial charge on any atom is -0.486 e. The zero-order valence-corrected chi connectivity index (χ0v) is 15.4. The molecule has 2 aromatic rings. The molecule has 0 spiro atoms. The van der Waals surface area contributed by atoms with Gasteiger partial charge in [-0.25, -0.2) is 0 Å². The van der Waals surface area contributed by atoms with Gasteiger partial charge in [0.1, 0.15) is 12.4 Å². The number of hydrogen-bond donors (Lipinski definition) is 1. The fourth-order valence-electron chi connectivity index (χ4n) is 1.97. The molecule has 1 amide bonds. The summed E-state index contributed by atoms with van der Waals surface area (Å²) in [4.78, 5) is 11.7. The largest absolute Gasteiger partial charge is 0.486 e. The van der Waals surface area contributed by atoms with Crippen LogP contribution in [0.1, 0.15) is 26.1 Å². The average Bonchev–Trinajstić information content (AvgIpc) is 2.99. The quantitative estimate of drug-likeness (QED) is 0.688. The maximum atomic E-state index is 11.7. The number of nitrogens with zero attached hydrogens (tertiary/aromatic N) is 3. The summed E-state index contributed by atoms with van der Waals surface area (Å²) in [5, 5.41) is 12.6. The molecule has 0 unspecified atom stereocenters. The number of thioether (sulfide) groups is 1. The Morgan fingerprint density at radius 2 is 2.04 bits per heavy atom. The highest BCUT2D eigenvalue weighted by molar-refractivity contribution is 7.99. The third-order valence-corrected chi connectivity index (χ3v) is 4.41. The van der Waals surface area contributed by atoms with Crippen molar-refractivity contribution in [1.29, 1.82) is 0 Å². The highest BCUT2D eigenvalue weighted by Crippen LogP contribution is 2.19. The van der Waals surface area contributed by atoms with E-state index in [1.54, 1.807) is 12.1 Å². The molecule has 130 valence electrons. The molecule has 0 saturated heterocycles. The second-order valence-corrected chi connectivity index (χ2v) is 6.40. The van der Waals surface area contributed by atoms with Gasteiger partial charge in [0.2, 0.25) is 5.91 Å². The molecule has 0 bridgehead atoms. The molecular weight excluding hydrogens is 348 g/mol. The van der Waals surface area contributed by atoms with Crippen molar-refractivity contribution in [1.82, 2.24) is 20.1 Å². The van der Waals surface area contributed by atoms with Crippen molar-refractivity contribution in [2.75, 3.05) is 12.3 Å². The van der Waals surface area contributed by atoms with E-state index >= 15 is 0 Å². The number of nitrogens with one attached hydrogen (secondary N) is 1. The maximum absolute atomic E-state index is 11.7. The monoisotopic (exact) mass is 368 g/mol. The van der Waals surface area contributed by atoms with E-state index in [0.717, 1.165) is 23.2 Å². The van der Waals surface area contributed by atoms with Crippen LogP contribution in [0.15, 0.2) is 29.4 Å². The molecule has 1 N–H and O–H groups in total. The molecule has 2 rings (SSSR count). The van der Waals surface area contributed by atoms with E-state index in [4.69, 9.17) is 16.3 Å². The van der Waals surface area contributed by atoms with Crippen LogP contribution in [0.5, 0.6) is 5.75 Å². The van der Waals surface area contributed by atoms with Crippen LogP contribution in [0.2, 0.25) is 5.02 Å². The minimum atomic E-state index is 0.00599. The molecule has 1 heterocycles. The second kappa shape index (κ2) is 9.54. The summed E-state index contributed by atoms with van der Waals surface area (Å²) in [6.07, 6.45) is 0.924. The summed E-state index contributed by atoms with van der Waals surface area (Å²) in [6.45, 7) is 5.75. The van der Waals surface area contributed by atoms with Crippen molar-refractivity contribution in [3.63, 3.8) is 0 Å². The zero-order valence-electron chi connectivity index (χ0n) is 13.8. The van der Waals surface area contributed by atoms with Gasteiger partial charge in [-0.05, 0) is 37.6 Å². The Labute approximate surface area is 150 Å². The van der Waals surface area contributed by atoms with Gasteiger partial charge in [0.25, 0.3) is 0 Å². The Morgan fingerprint density at radius 3 is 2.71 bits per heavy atom. The minimum absolute atomic E-state index is 0.00599. The number of carbonyl (C=O) groups excluding carboxylic acids is 1. The molecule has 1 aromatic heterocycles. The Balaban J connectivity index is 1.93. The molecule has 0 aliphatic rings. The number of benzene rings is 1. The van der Waals surface area contributed by atoms with Crippen LogP contribution in [0.4, 0.5) is 0 Å². The SMILES string of the molecule is CCCNC(=O)CSc1nnc(COc2ccc(Cl)cc2)n1CC. The number of hydrogen-bond acceptors (Lipinski definition) is 5. The van der Waals surface area contributed by atoms with Crippen LogP contribution in [0.3, 0.4) is 0 Å². The van der Waals surface area contributed by atoms with Crippen LogP contribution in [-0.4, -0.2) is 33.0 Å². The Hall–Kier alpha value is -1.73. The normalized spacial score (nSPS) is 10.6. The zero-order chi connectivity index (χ0) is 17.4. The van der Waals surface area contributed by atoms with Crippen molar-refractivity contribution in [3.8, 4) is 5.75 Å².